The zero-order valence-corrected chi connectivity index (χ0v) is 22.1. The molecular formula is C28H29FN6O4S. The fourth-order valence-corrected chi connectivity index (χ4v) is 4.94. The quantitative estimate of drug-likeness (QED) is 0.243. The van der Waals surface area contributed by atoms with Gasteiger partial charge in [-0.05, 0) is 44.2 Å². The largest absolute Gasteiger partial charge is 0.492 e. The molecule has 1 aliphatic heterocycles. The number of aromatic nitrogens is 3. The van der Waals surface area contributed by atoms with Gasteiger partial charge in [-0.3, -0.25) is 14.6 Å². The molecule has 3 aromatic heterocycles. The molecular weight excluding hydrogens is 535 g/mol. The summed E-state index contributed by atoms with van der Waals surface area (Å²) in [5.74, 6) is 0.404. The number of halogens is 1. The van der Waals surface area contributed by atoms with Gasteiger partial charge in [-0.1, -0.05) is 28.6 Å². The number of nitrogens with one attached hydrogen (secondary N) is 2. The molecule has 2 amide bonds. The van der Waals surface area contributed by atoms with E-state index in [1.807, 2.05) is 16.7 Å². The topological polar surface area (TPSA) is 106 Å². The Kier molecular flexibility index (Phi) is 4.99. The minimum atomic E-state index is -3.11. The molecule has 0 atom stereocenters. The van der Waals surface area contributed by atoms with Gasteiger partial charge >= 0.3 is 6.03 Å². The van der Waals surface area contributed by atoms with Gasteiger partial charge in [-0.25, -0.2) is 14.2 Å². The number of amides is 2. The first kappa shape index (κ1) is 18.4. The van der Waals surface area contributed by atoms with Gasteiger partial charge in [0, 0.05) is 48.5 Å². The van der Waals surface area contributed by atoms with Crippen molar-refractivity contribution in [3.05, 3.63) is 60.4 Å². The van der Waals surface area contributed by atoms with Crippen molar-refractivity contribution in [3.8, 4) is 17.0 Å². The first-order chi connectivity index (χ1) is 22.3. The van der Waals surface area contributed by atoms with Gasteiger partial charge in [0.15, 0.2) is 10.6 Å². The highest BCUT2D eigenvalue weighted by Crippen LogP contribution is 2.32. The van der Waals surface area contributed by atoms with Crippen molar-refractivity contribution in [3.63, 3.8) is 0 Å². The maximum atomic E-state index is 14.0. The third-order valence-electron chi connectivity index (χ3n) is 5.91. The number of carbonyl (C=O) groups is 1. The molecule has 0 aliphatic carbocycles. The SMILES string of the molecule is [2H]C1([2H])OC([2H])([2H])C([2H])([2H])N(CCOc2ccc3c(c2)sc2nc(-c4ccc(NC(=O)Nc5cc(C(C)(C)F)no5)cc4)cn23)C1([2H])[2H]. The number of ether oxygens (including phenoxy) is 2. The van der Waals surface area contributed by atoms with Gasteiger partial charge in [0.2, 0.25) is 5.88 Å². The van der Waals surface area contributed by atoms with E-state index in [-0.39, 0.29) is 18.2 Å². The molecule has 5 aromatic rings. The molecule has 10 nitrogen and oxygen atoms in total. The van der Waals surface area contributed by atoms with E-state index < -0.39 is 44.4 Å². The first-order valence-corrected chi connectivity index (χ1v) is 13.0. The molecule has 1 fully saturated rings. The number of morpholine rings is 1. The molecule has 1 aliphatic rings. The van der Waals surface area contributed by atoms with Crippen LogP contribution in [0.4, 0.5) is 20.8 Å². The molecule has 4 heterocycles. The number of rotatable bonds is 8. The molecule has 208 valence electrons. The van der Waals surface area contributed by atoms with Crippen LogP contribution >= 0.6 is 11.3 Å². The number of urea groups is 1. The molecule has 0 unspecified atom stereocenters. The van der Waals surface area contributed by atoms with E-state index in [1.54, 1.807) is 36.4 Å². The summed E-state index contributed by atoms with van der Waals surface area (Å²) in [6.45, 7) is -10.2. The zero-order chi connectivity index (χ0) is 34.9. The predicted molar refractivity (Wildman–Crippen MR) is 152 cm³/mol. The molecule has 40 heavy (non-hydrogen) atoms. The van der Waals surface area contributed by atoms with E-state index >= 15 is 0 Å². The van der Waals surface area contributed by atoms with Gasteiger partial charge in [-0.15, -0.1) is 0 Å². The van der Waals surface area contributed by atoms with Gasteiger partial charge in [0.1, 0.15) is 18.1 Å². The van der Waals surface area contributed by atoms with Crippen LogP contribution in [0.2, 0.25) is 0 Å². The number of fused-ring (bicyclic) bond motifs is 3. The molecule has 0 saturated carbocycles. The Hall–Kier alpha value is -4.00. The lowest BCUT2D eigenvalue weighted by atomic mass is 10.1. The van der Waals surface area contributed by atoms with E-state index in [1.165, 1.54) is 31.3 Å². The normalized spacial score (nSPS) is 22.6. The summed E-state index contributed by atoms with van der Waals surface area (Å²) in [6.07, 6.45) is 1.86. The molecule has 2 aromatic carbocycles. The first-order valence-electron chi connectivity index (χ1n) is 16.2. The monoisotopic (exact) mass is 572 g/mol. The Balaban J connectivity index is 1.10. The molecule has 1 saturated heterocycles. The summed E-state index contributed by atoms with van der Waals surface area (Å²) in [5.41, 5.74) is 1.17. The predicted octanol–water partition coefficient (Wildman–Crippen LogP) is 5.76. The molecule has 6 rings (SSSR count). The van der Waals surface area contributed by atoms with Crippen LogP contribution in [-0.2, 0) is 10.4 Å². The van der Waals surface area contributed by atoms with Crippen LogP contribution in [-0.4, -0.2) is 64.7 Å². The van der Waals surface area contributed by atoms with Crippen LogP contribution in [0.25, 0.3) is 26.4 Å². The number of imidazole rings is 1. The zero-order valence-electron chi connectivity index (χ0n) is 29.3. The fourth-order valence-electron chi connectivity index (χ4n) is 3.90. The number of carbonyl (C=O) groups excluding carboxylic acids is 1. The summed E-state index contributed by atoms with van der Waals surface area (Å²) in [6, 6.07) is 13.0. The number of thiazole rings is 1. The maximum Gasteiger partial charge on any atom is 0.326 e. The van der Waals surface area contributed by atoms with Crippen LogP contribution < -0.4 is 15.4 Å². The summed E-state index contributed by atoms with van der Waals surface area (Å²) >= 11 is 1.39. The Morgan fingerprint density at radius 3 is 2.73 bits per heavy atom. The highest BCUT2D eigenvalue weighted by atomic mass is 32.1. The smallest absolute Gasteiger partial charge is 0.326 e. The third-order valence-corrected chi connectivity index (χ3v) is 6.92. The second-order valence-corrected chi connectivity index (χ2v) is 10.3. The van der Waals surface area contributed by atoms with Crippen LogP contribution in [0.3, 0.4) is 0 Å². The second kappa shape index (κ2) is 10.9. The number of nitrogens with zero attached hydrogens (tertiary/aromatic N) is 4. The second-order valence-electron chi connectivity index (χ2n) is 9.25. The fraction of sp³-hybridized carbons (Fsp3) is 0.321. The summed E-state index contributed by atoms with van der Waals surface area (Å²) < 4.78 is 95.7. The van der Waals surface area contributed by atoms with Crippen LogP contribution in [0.1, 0.15) is 30.5 Å². The highest BCUT2D eigenvalue weighted by molar-refractivity contribution is 7.23. The van der Waals surface area contributed by atoms with Gasteiger partial charge in [-0.2, -0.15) is 0 Å². The van der Waals surface area contributed by atoms with Gasteiger partial charge in [0.25, 0.3) is 0 Å². The van der Waals surface area contributed by atoms with Crippen molar-refractivity contribution in [2.75, 3.05) is 49.9 Å². The highest BCUT2D eigenvalue weighted by Gasteiger charge is 2.24. The molecule has 0 radical (unpaired) electrons. The average molecular weight is 573 g/mol. The van der Waals surface area contributed by atoms with Crippen molar-refractivity contribution in [2.24, 2.45) is 0 Å². The van der Waals surface area contributed by atoms with Crippen LogP contribution in [0.15, 0.2) is 59.3 Å². The van der Waals surface area contributed by atoms with E-state index in [4.69, 9.17) is 25.2 Å². The Morgan fingerprint density at radius 1 is 1.18 bits per heavy atom. The average Bonchev–Trinajstić information content (AvgIpc) is 3.69. The minimum Gasteiger partial charge on any atom is -0.492 e. The van der Waals surface area contributed by atoms with E-state index in [9.17, 15) is 9.18 Å². The van der Waals surface area contributed by atoms with Crippen molar-refractivity contribution >= 4 is 44.1 Å². The third kappa shape index (κ3) is 5.79. The van der Waals surface area contributed by atoms with Gasteiger partial charge in [0.05, 0.1) is 34.5 Å². The minimum absolute atomic E-state index is 0.00648. The van der Waals surface area contributed by atoms with Crippen molar-refractivity contribution < 1.29 is 34.1 Å². The van der Waals surface area contributed by atoms with Crippen LogP contribution in [0, 0.1) is 0 Å². The Morgan fingerprint density at radius 2 is 1.98 bits per heavy atom. The van der Waals surface area contributed by atoms with E-state index in [2.05, 4.69) is 20.5 Å². The standard InChI is InChI=1S/C28H29FN6O4S/c1-28(2,29)24-16-25(39-33-24)32-26(36)30-19-5-3-18(4-6-19)21-17-35-22-8-7-20(15-23(22)40-27(35)31-21)38-14-11-34-9-12-37-13-10-34/h3-8,15-17H,9-14H2,1-2H3,(H2,30,32,36)/i9D2,10D2,12D2,13D2. The number of hydrogen-bond acceptors (Lipinski definition) is 8. The number of hydrogen-bond donors (Lipinski definition) is 2. The number of benzene rings is 2. The lowest BCUT2D eigenvalue weighted by Crippen LogP contribution is -2.38. The Bertz CT molecular complexity index is 1970. The van der Waals surface area contributed by atoms with Crippen molar-refractivity contribution in [2.45, 2.75) is 19.5 Å². The lowest BCUT2D eigenvalue weighted by molar-refractivity contribution is 0.0322. The molecule has 0 bridgehead atoms. The summed E-state index contributed by atoms with van der Waals surface area (Å²) in [4.78, 5) is 18.2. The Labute approximate surface area is 244 Å². The van der Waals surface area contributed by atoms with Crippen LogP contribution in [0.5, 0.6) is 5.75 Å². The van der Waals surface area contributed by atoms with Crippen molar-refractivity contribution in [1.29, 1.82) is 0 Å². The maximum absolute atomic E-state index is 14.0. The van der Waals surface area contributed by atoms with E-state index in [0.29, 0.717) is 27.0 Å². The number of anilines is 2. The van der Waals surface area contributed by atoms with Gasteiger partial charge < -0.3 is 19.3 Å². The summed E-state index contributed by atoms with van der Waals surface area (Å²) in [5, 5.41) is 8.76. The van der Waals surface area contributed by atoms with Crippen molar-refractivity contribution in [1.82, 2.24) is 19.4 Å². The molecule has 2 N–H and O–H groups in total. The van der Waals surface area contributed by atoms with E-state index in [0.717, 1.165) is 15.8 Å². The number of alkyl halides is 1. The molecule has 12 heteroatoms. The molecule has 0 spiro atoms. The lowest BCUT2D eigenvalue weighted by Gasteiger charge is -2.26. The summed E-state index contributed by atoms with van der Waals surface area (Å²) in [7, 11) is 0.